The molecule has 2 aromatic rings. The molecule has 1 unspecified atom stereocenters. The van der Waals surface area contributed by atoms with Gasteiger partial charge in [-0.25, -0.2) is 5.48 Å². The third kappa shape index (κ3) is 3.45. The van der Waals surface area contributed by atoms with Gasteiger partial charge < -0.3 is 0 Å². The number of amides is 1. The minimum absolute atomic E-state index is 0.0385. The largest absolute Gasteiger partial charge is 0.289 e. The first kappa shape index (κ1) is 15.2. The maximum atomic E-state index is 12.2. The summed E-state index contributed by atoms with van der Waals surface area (Å²) in [5.74, 6) is -1.05. The number of allylic oxidation sites excluding steroid dienone is 1. The summed E-state index contributed by atoms with van der Waals surface area (Å²) in [5.41, 5.74) is 2.95. The molecule has 0 aliphatic rings. The Kier molecular flexibility index (Phi) is 5.03. The zero-order valence-electron chi connectivity index (χ0n) is 11.3. The normalized spacial score (nSPS) is 11.7. The number of benzene rings is 1. The number of hydroxylamine groups is 1. The average molecular weight is 301 g/mol. The molecule has 1 aromatic heterocycles. The highest BCUT2D eigenvalue weighted by molar-refractivity contribution is 7.12. The minimum atomic E-state index is -0.515. The van der Waals surface area contributed by atoms with E-state index in [-0.39, 0.29) is 5.78 Å². The van der Waals surface area contributed by atoms with E-state index in [1.807, 2.05) is 11.4 Å². The third-order valence-corrected chi connectivity index (χ3v) is 4.02. The Morgan fingerprint density at radius 1 is 1.29 bits per heavy atom. The lowest BCUT2D eigenvalue weighted by molar-refractivity contribution is -0.130. The van der Waals surface area contributed by atoms with Crippen LogP contribution in [0, 0.1) is 0 Å². The van der Waals surface area contributed by atoms with Crippen molar-refractivity contribution in [3.8, 4) is 0 Å². The molecule has 0 bridgehead atoms. The molecule has 0 saturated heterocycles. The molecule has 0 fully saturated rings. The number of nitrogens with one attached hydrogen (secondary N) is 1. The predicted molar refractivity (Wildman–Crippen MR) is 81.7 cm³/mol. The monoisotopic (exact) mass is 301 g/mol. The molecule has 0 radical (unpaired) electrons. The molecule has 5 heteroatoms. The van der Waals surface area contributed by atoms with E-state index in [2.05, 4.69) is 6.58 Å². The first-order valence-electron chi connectivity index (χ1n) is 6.40. The van der Waals surface area contributed by atoms with Crippen LogP contribution in [-0.2, 0) is 4.79 Å². The second-order valence-corrected chi connectivity index (χ2v) is 5.43. The summed E-state index contributed by atoms with van der Waals surface area (Å²) in [7, 11) is 0. The van der Waals surface area contributed by atoms with E-state index < -0.39 is 11.8 Å². The van der Waals surface area contributed by atoms with Crippen molar-refractivity contribution in [1.29, 1.82) is 0 Å². The van der Waals surface area contributed by atoms with Crippen LogP contribution in [-0.4, -0.2) is 16.9 Å². The van der Waals surface area contributed by atoms with Crippen molar-refractivity contribution in [3.63, 3.8) is 0 Å². The quantitative estimate of drug-likeness (QED) is 0.373. The van der Waals surface area contributed by atoms with E-state index >= 15 is 0 Å². The number of carbonyl (C=O) groups excluding carboxylic acids is 2. The lowest BCUT2D eigenvalue weighted by Gasteiger charge is -2.13. The number of carbonyl (C=O) groups is 2. The fourth-order valence-electron chi connectivity index (χ4n) is 2.06. The third-order valence-electron chi connectivity index (χ3n) is 3.15. The van der Waals surface area contributed by atoms with Crippen molar-refractivity contribution < 1.29 is 14.8 Å². The van der Waals surface area contributed by atoms with E-state index in [0.717, 1.165) is 5.56 Å². The highest BCUT2D eigenvalue weighted by Crippen LogP contribution is 2.22. The van der Waals surface area contributed by atoms with Crippen LogP contribution < -0.4 is 5.48 Å². The molecule has 1 aromatic carbocycles. The summed E-state index contributed by atoms with van der Waals surface area (Å²) < 4.78 is 0. The van der Waals surface area contributed by atoms with E-state index in [9.17, 15) is 9.59 Å². The fourth-order valence-corrected chi connectivity index (χ4v) is 2.74. The molecule has 0 aliphatic heterocycles. The molecule has 0 aliphatic carbocycles. The van der Waals surface area contributed by atoms with Gasteiger partial charge in [-0.2, -0.15) is 0 Å². The van der Waals surface area contributed by atoms with Gasteiger partial charge in [0, 0.05) is 5.56 Å². The number of rotatable bonds is 6. The minimum Gasteiger partial charge on any atom is -0.289 e. The maximum Gasteiger partial charge on any atom is 0.251 e. The summed E-state index contributed by atoms with van der Waals surface area (Å²) in [6.45, 7) is 3.61. The lowest BCUT2D eigenvalue weighted by atomic mass is 9.93. The van der Waals surface area contributed by atoms with Gasteiger partial charge >= 0.3 is 0 Å². The topological polar surface area (TPSA) is 66.4 Å². The van der Waals surface area contributed by atoms with Gasteiger partial charge in [-0.1, -0.05) is 36.4 Å². The van der Waals surface area contributed by atoms with Gasteiger partial charge in [0.15, 0.2) is 0 Å². The fraction of sp³-hybridized carbons (Fsp3) is 0.125. The molecule has 4 nitrogen and oxygen atoms in total. The van der Waals surface area contributed by atoms with Gasteiger partial charge in [0.2, 0.25) is 5.78 Å². The van der Waals surface area contributed by atoms with Crippen LogP contribution in [0.25, 0.3) is 0 Å². The molecule has 108 valence electrons. The number of hydrogen-bond donors (Lipinski definition) is 2. The molecule has 2 N–H and O–H groups in total. The Balaban J connectivity index is 2.23. The van der Waals surface area contributed by atoms with Crippen LogP contribution in [0.2, 0.25) is 0 Å². The molecule has 21 heavy (non-hydrogen) atoms. The van der Waals surface area contributed by atoms with Crippen molar-refractivity contribution in [2.24, 2.45) is 0 Å². The van der Waals surface area contributed by atoms with Crippen LogP contribution >= 0.6 is 11.3 Å². The van der Waals surface area contributed by atoms with Crippen molar-refractivity contribution in [2.75, 3.05) is 0 Å². The van der Waals surface area contributed by atoms with Crippen LogP contribution in [0.1, 0.15) is 33.1 Å². The second-order valence-electron chi connectivity index (χ2n) is 4.48. The van der Waals surface area contributed by atoms with E-state index in [0.29, 0.717) is 16.9 Å². The van der Waals surface area contributed by atoms with Gasteiger partial charge in [0.05, 0.1) is 10.8 Å². The second kappa shape index (κ2) is 6.97. The van der Waals surface area contributed by atoms with E-state index in [1.54, 1.807) is 41.9 Å². The number of ketones is 1. The SMILES string of the molecule is C=CCC(C(=O)NO)c1ccc(C(=O)c2cccs2)cc1. The summed E-state index contributed by atoms with van der Waals surface area (Å²) in [6.07, 6.45) is 2.02. The van der Waals surface area contributed by atoms with E-state index in [1.165, 1.54) is 11.3 Å². The Labute approximate surface area is 126 Å². The Bertz CT molecular complexity index is 632. The Morgan fingerprint density at radius 2 is 2.00 bits per heavy atom. The summed E-state index contributed by atoms with van der Waals surface area (Å²) in [5, 5.41) is 10.6. The van der Waals surface area contributed by atoms with Crippen LogP contribution in [0.3, 0.4) is 0 Å². The van der Waals surface area contributed by atoms with Gasteiger partial charge in [-0.15, -0.1) is 17.9 Å². The van der Waals surface area contributed by atoms with Crippen LogP contribution in [0.5, 0.6) is 0 Å². The lowest BCUT2D eigenvalue weighted by Crippen LogP contribution is -2.26. The van der Waals surface area contributed by atoms with Crippen molar-refractivity contribution in [1.82, 2.24) is 5.48 Å². The first-order valence-corrected chi connectivity index (χ1v) is 7.28. The van der Waals surface area contributed by atoms with Crippen LogP contribution in [0.4, 0.5) is 0 Å². The van der Waals surface area contributed by atoms with Gasteiger partial charge in [-0.3, -0.25) is 14.8 Å². The zero-order valence-corrected chi connectivity index (χ0v) is 12.1. The van der Waals surface area contributed by atoms with Crippen molar-refractivity contribution in [2.45, 2.75) is 12.3 Å². The predicted octanol–water partition coefficient (Wildman–Crippen LogP) is 3.14. The molecular formula is C16H15NO3S. The van der Waals surface area contributed by atoms with Gasteiger partial charge in [0.1, 0.15) is 0 Å². The van der Waals surface area contributed by atoms with Crippen molar-refractivity contribution >= 4 is 23.0 Å². The number of hydrogen-bond acceptors (Lipinski definition) is 4. The molecule has 1 amide bonds. The van der Waals surface area contributed by atoms with E-state index in [4.69, 9.17) is 5.21 Å². The summed E-state index contributed by atoms with van der Waals surface area (Å²) >= 11 is 1.39. The highest BCUT2D eigenvalue weighted by atomic mass is 32.1. The van der Waals surface area contributed by atoms with Gasteiger partial charge in [0.25, 0.3) is 5.91 Å². The maximum absolute atomic E-state index is 12.2. The zero-order chi connectivity index (χ0) is 15.2. The molecule has 0 saturated carbocycles. The molecule has 1 heterocycles. The standard InChI is InChI=1S/C16H15NO3S/c1-2-4-13(16(19)17-20)11-6-8-12(9-7-11)15(18)14-5-3-10-21-14/h2-3,5-10,13,20H,1,4H2,(H,17,19). The van der Waals surface area contributed by atoms with Gasteiger partial charge in [-0.05, 0) is 23.4 Å². The molecule has 1 atom stereocenters. The van der Waals surface area contributed by atoms with Crippen LogP contribution in [0.15, 0.2) is 54.4 Å². The summed E-state index contributed by atoms with van der Waals surface area (Å²) in [4.78, 5) is 24.5. The molecule has 0 spiro atoms. The summed E-state index contributed by atoms with van der Waals surface area (Å²) in [6, 6.07) is 10.4. The number of thiophene rings is 1. The molecular weight excluding hydrogens is 286 g/mol. The Morgan fingerprint density at radius 3 is 2.52 bits per heavy atom. The van der Waals surface area contributed by atoms with Crippen molar-refractivity contribution in [3.05, 3.63) is 70.4 Å². The first-order chi connectivity index (χ1) is 10.2. The smallest absolute Gasteiger partial charge is 0.251 e. The Hall–Kier alpha value is -2.24. The molecule has 2 rings (SSSR count). The highest BCUT2D eigenvalue weighted by Gasteiger charge is 2.19. The average Bonchev–Trinajstić information content (AvgIpc) is 3.06.